The molecule has 37 heavy (non-hydrogen) atoms. The summed E-state index contributed by atoms with van der Waals surface area (Å²) in [6.45, 7) is 1.94. The summed E-state index contributed by atoms with van der Waals surface area (Å²) in [6.07, 6.45) is 12.7. The van der Waals surface area contributed by atoms with Gasteiger partial charge >= 0.3 is 0 Å². The first-order valence-electron chi connectivity index (χ1n) is 13.9. The maximum absolute atomic E-state index is 6.28. The lowest BCUT2D eigenvalue weighted by Crippen LogP contribution is -2.13. The molecule has 4 nitrogen and oxygen atoms in total. The number of anilines is 2. The number of nitrogens with one attached hydrogen (secondary N) is 2. The molecule has 4 aromatic rings. The van der Waals surface area contributed by atoms with E-state index in [0.717, 1.165) is 72.7 Å². The number of halogens is 2. The van der Waals surface area contributed by atoms with Crippen LogP contribution in [-0.2, 0) is 25.7 Å². The fourth-order valence-electron chi connectivity index (χ4n) is 6.05. The fourth-order valence-corrected chi connectivity index (χ4v) is 6.39. The highest BCUT2D eigenvalue weighted by atomic mass is 35.5. The standard InChI is InChI=1S/C31H34Cl2N4/c32-20-12-14-24-28(18-20)36-26-10-4-2-8-22(26)30(24)34-16-6-1-7-17-35-31-23-9-3-5-11-27(23)37-29-19-21(33)13-15-25(29)31/h12-15,18-19H,1-11,16-17H2,(H,34,36)(H,35,37). The van der Waals surface area contributed by atoms with Crippen LogP contribution in [0.2, 0.25) is 10.0 Å². The first kappa shape index (κ1) is 24.8. The van der Waals surface area contributed by atoms with E-state index in [1.165, 1.54) is 76.8 Å². The molecule has 2 aliphatic rings. The molecule has 0 aliphatic heterocycles. The Hall–Kier alpha value is -2.56. The Morgan fingerprint density at radius 1 is 0.595 bits per heavy atom. The minimum Gasteiger partial charge on any atom is -0.384 e. The molecule has 0 spiro atoms. The molecule has 2 aromatic heterocycles. The molecule has 2 N–H and O–H groups in total. The highest BCUT2D eigenvalue weighted by molar-refractivity contribution is 6.31. The molecular weight excluding hydrogens is 499 g/mol. The van der Waals surface area contributed by atoms with Crippen molar-refractivity contribution in [3.63, 3.8) is 0 Å². The van der Waals surface area contributed by atoms with Crippen LogP contribution >= 0.6 is 23.2 Å². The minimum atomic E-state index is 0.751. The molecule has 6 rings (SSSR count). The van der Waals surface area contributed by atoms with Gasteiger partial charge in [0, 0.05) is 56.7 Å². The van der Waals surface area contributed by atoms with Crippen molar-refractivity contribution in [2.75, 3.05) is 23.7 Å². The van der Waals surface area contributed by atoms with E-state index in [1.54, 1.807) is 0 Å². The second-order valence-corrected chi connectivity index (χ2v) is 11.3. The zero-order valence-corrected chi connectivity index (χ0v) is 22.8. The predicted octanol–water partition coefficient (Wildman–Crippen LogP) is 8.54. The summed E-state index contributed by atoms with van der Waals surface area (Å²) < 4.78 is 0. The zero-order chi connectivity index (χ0) is 25.2. The zero-order valence-electron chi connectivity index (χ0n) is 21.3. The van der Waals surface area contributed by atoms with E-state index in [-0.39, 0.29) is 0 Å². The van der Waals surface area contributed by atoms with Gasteiger partial charge in [-0.1, -0.05) is 23.2 Å². The summed E-state index contributed by atoms with van der Waals surface area (Å²) in [4.78, 5) is 9.89. The van der Waals surface area contributed by atoms with Gasteiger partial charge in [-0.3, -0.25) is 9.97 Å². The number of fused-ring (bicyclic) bond motifs is 4. The number of pyridine rings is 2. The normalized spacial score (nSPS) is 15.0. The van der Waals surface area contributed by atoms with Crippen LogP contribution in [0.15, 0.2) is 36.4 Å². The summed E-state index contributed by atoms with van der Waals surface area (Å²) in [5.41, 5.74) is 9.91. The minimum absolute atomic E-state index is 0.751. The van der Waals surface area contributed by atoms with Gasteiger partial charge in [0.15, 0.2) is 0 Å². The third-order valence-electron chi connectivity index (χ3n) is 7.91. The Kier molecular flexibility index (Phi) is 7.39. The second-order valence-electron chi connectivity index (χ2n) is 10.5. The van der Waals surface area contributed by atoms with Crippen molar-refractivity contribution >= 4 is 56.4 Å². The van der Waals surface area contributed by atoms with Gasteiger partial charge in [0.05, 0.1) is 11.0 Å². The highest BCUT2D eigenvalue weighted by Gasteiger charge is 2.19. The number of nitrogens with zero attached hydrogens (tertiary/aromatic N) is 2. The Labute approximate surface area is 229 Å². The van der Waals surface area contributed by atoms with Crippen LogP contribution in [0.3, 0.4) is 0 Å². The van der Waals surface area contributed by atoms with Gasteiger partial charge in [0.25, 0.3) is 0 Å². The van der Waals surface area contributed by atoms with Gasteiger partial charge in [-0.25, -0.2) is 0 Å². The maximum Gasteiger partial charge on any atom is 0.0741 e. The summed E-state index contributed by atoms with van der Waals surface area (Å²) >= 11 is 12.6. The van der Waals surface area contributed by atoms with E-state index in [1.807, 2.05) is 24.3 Å². The number of unbranched alkanes of at least 4 members (excludes halogenated alkanes) is 2. The summed E-state index contributed by atoms with van der Waals surface area (Å²) in [7, 11) is 0. The average molecular weight is 534 g/mol. The number of hydrogen-bond donors (Lipinski definition) is 2. The molecule has 0 saturated heterocycles. The van der Waals surface area contributed by atoms with Crippen LogP contribution in [0.5, 0.6) is 0 Å². The molecule has 2 aliphatic carbocycles. The van der Waals surface area contributed by atoms with Crippen LogP contribution < -0.4 is 10.6 Å². The summed E-state index contributed by atoms with van der Waals surface area (Å²) in [5.74, 6) is 0. The van der Waals surface area contributed by atoms with Crippen LogP contribution in [0.1, 0.15) is 67.5 Å². The molecule has 192 valence electrons. The summed E-state index contributed by atoms with van der Waals surface area (Å²) in [5, 5.41) is 11.5. The lowest BCUT2D eigenvalue weighted by molar-refractivity contribution is 0.669. The van der Waals surface area contributed by atoms with Gasteiger partial charge in [-0.05, 0) is 118 Å². The number of rotatable bonds is 8. The van der Waals surface area contributed by atoms with Crippen molar-refractivity contribution < 1.29 is 0 Å². The van der Waals surface area contributed by atoms with E-state index in [0.29, 0.717) is 0 Å². The molecule has 6 heteroatoms. The molecule has 0 bridgehead atoms. The molecular formula is C31H34Cl2N4. The van der Waals surface area contributed by atoms with E-state index in [9.17, 15) is 0 Å². The van der Waals surface area contributed by atoms with E-state index in [2.05, 4.69) is 22.8 Å². The molecule has 0 atom stereocenters. The Morgan fingerprint density at radius 3 is 1.54 bits per heavy atom. The van der Waals surface area contributed by atoms with Crippen molar-refractivity contribution in [2.24, 2.45) is 0 Å². The van der Waals surface area contributed by atoms with E-state index < -0.39 is 0 Å². The first-order valence-corrected chi connectivity index (χ1v) is 14.6. The smallest absolute Gasteiger partial charge is 0.0741 e. The van der Waals surface area contributed by atoms with Crippen LogP contribution in [-0.4, -0.2) is 23.1 Å². The van der Waals surface area contributed by atoms with E-state index in [4.69, 9.17) is 33.2 Å². The number of aryl methyl sites for hydroxylation is 2. The SMILES string of the molecule is Clc1ccc2c(NCCCCCNc3c4c(nc5cc(Cl)ccc35)CCCC4)c3c(nc2c1)CCCC3. The molecule has 0 radical (unpaired) electrons. The Balaban J connectivity index is 1.08. The molecule has 0 saturated carbocycles. The Bertz CT molecular complexity index is 1340. The molecule has 0 amide bonds. The monoisotopic (exact) mass is 532 g/mol. The number of hydrogen-bond acceptors (Lipinski definition) is 4. The average Bonchev–Trinajstić information content (AvgIpc) is 2.91. The van der Waals surface area contributed by atoms with Crippen molar-refractivity contribution in [3.05, 3.63) is 69.0 Å². The third kappa shape index (κ3) is 5.24. The van der Waals surface area contributed by atoms with Gasteiger partial charge < -0.3 is 10.6 Å². The van der Waals surface area contributed by atoms with Crippen LogP contribution in [0.4, 0.5) is 11.4 Å². The lowest BCUT2D eigenvalue weighted by atomic mass is 9.92. The third-order valence-corrected chi connectivity index (χ3v) is 8.38. The Morgan fingerprint density at radius 2 is 1.05 bits per heavy atom. The van der Waals surface area contributed by atoms with Crippen molar-refractivity contribution in [2.45, 2.75) is 70.6 Å². The van der Waals surface area contributed by atoms with Crippen molar-refractivity contribution in [3.8, 4) is 0 Å². The molecule has 0 unspecified atom stereocenters. The maximum atomic E-state index is 6.28. The van der Waals surface area contributed by atoms with Gasteiger partial charge in [0.1, 0.15) is 0 Å². The van der Waals surface area contributed by atoms with Gasteiger partial charge in [-0.15, -0.1) is 0 Å². The quantitative estimate of drug-likeness (QED) is 0.223. The number of benzene rings is 2. The fraction of sp³-hybridized carbons (Fsp3) is 0.419. The molecule has 2 aromatic carbocycles. The second kappa shape index (κ2) is 11.0. The van der Waals surface area contributed by atoms with E-state index >= 15 is 0 Å². The van der Waals surface area contributed by atoms with Crippen LogP contribution in [0, 0.1) is 0 Å². The lowest BCUT2D eigenvalue weighted by Gasteiger charge is -2.22. The summed E-state index contributed by atoms with van der Waals surface area (Å²) in [6, 6.07) is 12.2. The van der Waals surface area contributed by atoms with Crippen molar-refractivity contribution in [1.82, 2.24) is 9.97 Å². The molecule has 2 heterocycles. The predicted molar refractivity (Wildman–Crippen MR) is 158 cm³/mol. The topological polar surface area (TPSA) is 49.8 Å². The first-order chi connectivity index (χ1) is 18.2. The van der Waals surface area contributed by atoms with Gasteiger partial charge in [-0.2, -0.15) is 0 Å². The highest BCUT2D eigenvalue weighted by Crippen LogP contribution is 2.36. The largest absolute Gasteiger partial charge is 0.384 e. The van der Waals surface area contributed by atoms with Gasteiger partial charge in [0.2, 0.25) is 0 Å². The number of aromatic nitrogens is 2. The van der Waals surface area contributed by atoms with Crippen LogP contribution in [0.25, 0.3) is 21.8 Å². The molecule has 0 fully saturated rings. The van der Waals surface area contributed by atoms with Crippen molar-refractivity contribution in [1.29, 1.82) is 0 Å².